The number of rotatable bonds is 6. The summed E-state index contributed by atoms with van der Waals surface area (Å²) in [6, 6.07) is 6.78. The number of aryl methyl sites for hydroxylation is 2. The first kappa shape index (κ1) is 18.0. The molecule has 0 saturated carbocycles. The summed E-state index contributed by atoms with van der Waals surface area (Å²) in [5.74, 6) is -0.377. The van der Waals surface area contributed by atoms with Crippen LogP contribution in [0.4, 0.5) is 5.69 Å². The fraction of sp³-hybridized carbons (Fsp3) is 0.375. The summed E-state index contributed by atoms with van der Waals surface area (Å²) in [6.45, 7) is 3.42. The van der Waals surface area contributed by atoms with Gasteiger partial charge in [0.2, 0.25) is 15.9 Å². The lowest BCUT2D eigenvalue weighted by molar-refractivity contribution is -0.120. The van der Waals surface area contributed by atoms with E-state index in [9.17, 15) is 13.2 Å². The number of hydrogen-bond donors (Lipinski definition) is 1. The van der Waals surface area contributed by atoms with Gasteiger partial charge in [-0.3, -0.25) is 13.8 Å². The van der Waals surface area contributed by atoms with Crippen LogP contribution in [0.15, 0.2) is 36.7 Å². The Labute approximate surface area is 142 Å². The van der Waals surface area contributed by atoms with Gasteiger partial charge in [0.05, 0.1) is 24.2 Å². The van der Waals surface area contributed by atoms with E-state index in [-0.39, 0.29) is 18.5 Å². The molecule has 1 amide bonds. The number of anilines is 1. The summed E-state index contributed by atoms with van der Waals surface area (Å²) in [6.07, 6.45) is 4.56. The second-order valence-electron chi connectivity index (χ2n) is 5.85. The smallest absolute Gasteiger partial charge is 0.241 e. The molecule has 0 radical (unpaired) electrons. The molecule has 2 aromatic rings. The van der Waals surface area contributed by atoms with Crippen LogP contribution in [0, 0.1) is 6.92 Å². The Hall–Kier alpha value is -2.35. The lowest BCUT2D eigenvalue weighted by Crippen LogP contribution is -2.41. The van der Waals surface area contributed by atoms with Gasteiger partial charge in [-0.25, -0.2) is 8.42 Å². The van der Waals surface area contributed by atoms with Crippen molar-refractivity contribution in [3.8, 4) is 0 Å². The van der Waals surface area contributed by atoms with Crippen molar-refractivity contribution in [3.63, 3.8) is 0 Å². The van der Waals surface area contributed by atoms with Crippen LogP contribution in [0.3, 0.4) is 0 Å². The van der Waals surface area contributed by atoms with Crippen LogP contribution in [0.1, 0.15) is 24.1 Å². The summed E-state index contributed by atoms with van der Waals surface area (Å²) >= 11 is 0. The summed E-state index contributed by atoms with van der Waals surface area (Å²) in [7, 11) is -1.78. The number of nitrogens with one attached hydrogen (secondary N) is 1. The van der Waals surface area contributed by atoms with Gasteiger partial charge in [0.1, 0.15) is 6.54 Å². The molecule has 7 nitrogen and oxygen atoms in total. The van der Waals surface area contributed by atoms with Crippen LogP contribution in [0.25, 0.3) is 0 Å². The van der Waals surface area contributed by atoms with E-state index in [1.807, 2.05) is 19.9 Å². The minimum atomic E-state index is -3.57. The first-order chi connectivity index (χ1) is 11.2. The summed E-state index contributed by atoms with van der Waals surface area (Å²) in [5, 5.41) is 6.86. The fourth-order valence-electron chi connectivity index (χ4n) is 2.35. The predicted molar refractivity (Wildman–Crippen MR) is 93.1 cm³/mol. The average Bonchev–Trinajstić information content (AvgIpc) is 2.90. The monoisotopic (exact) mass is 350 g/mol. The third kappa shape index (κ3) is 4.58. The number of aromatic nitrogens is 2. The minimum Gasteiger partial charge on any atom is -0.348 e. The summed E-state index contributed by atoms with van der Waals surface area (Å²) in [4.78, 5) is 12.3. The van der Waals surface area contributed by atoms with E-state index >= 15 is 0 Å². The van der Waals surface area contributed by atoms with Gasteiger partial charge in [-0.15, -0.1) is 0 Å². The number of carbonyl (C=O) groups is 1. The average molecular weight is 350 g/mol. The van der Waals surface area contributed by atoms with Gasteiger partial charge < -0.3 is 5.32 Å². The highest BCUT2D eigenvalue weighted by Gasteiger charge is 2.22. The van der Waals surface area contributed by atoms with Crippen molar-refractivity contribution in [2.75, 3.05) is 17.1 Å². The zero-order chi connectivity index (χ0) is 17.9. The summed E-state index contributed by atoms with van der Waals surface area (Å²) in [5.41, 5.74) is 2.25. The van der Waals surface area contributed by atoms with Crippen molar-refractivity contribution in [2.24, 2.45) is 7.05 Å². The second kappa shape index (κ2) is 7.04. The molecule has 0 spiro atoms. The molecular weight excluding hydrogens is 328 g/mol. The van der Waals surface area contributed by atoms with Gasteiger partial charge in [0.25, 0.3) is 0 Å². The Kier molecular flexibility index (Phi) is 5.28. The molecule has 0 aliphatic rings. The van der Waals surface area contributed by atoms with Crippen molar-refractivity contribution in [1.29, 1.82) is 0 Å². The maximum atomic E-state index is 12.3. The molecule has 1 atom stereocenters. The Morgan fingerprint density at radius 3 is 2.67 bits per heavy atom. The zero-order valence-electron chi connectivity index (χ0n) is 14.2. The molecule has 2 rings (SSSR count). The highest BCUT2D eigenvalue weighted by atomic mass is 32.2. The molecule has 1 aromatic heterocycles. The van der Waals surface area contributed by atoms with Crippen molar-refractivity contribution in [2.45, 2.75) is 19.9 Å². The van der Waals surface area contributed by atoms with Gasteiger partial charge >= 0.3 is 0 Å². The topological polar surface area (TPSA) is 84.3 Å². The first-order valence-electron chi connectivity index (χ1n) is 7.49. The van der Waals surface area contributed by atoms with Crippen LogP contribution in [0.5, 0.6) is 0 Å². The largest absolute Gasteiger partial charge is 0.348 e. The molecule has 0 aliphatic carbocycles. The Morgan fingerprint density at radius 2 is 2.12 bits per heavy atom. The molecule has 0 bridgehead atoms. The predicted octanol–water partition coefficient (Wildman–Crippen LogP) is 1.37. The fourth-order valence-corrected chi connectivity index (χ4v) is 3.20. The Bertz CT molecular complexity index is 829. The van der Waals surface area contributed by atoms with Gasteiger partial charge in [-0.2, -0.15) is 5.10 Å². The van der Waals surface area contributed by atoms with E-state index < -0.39 is 10.0 Å². The number of sulfonamides is 1. The lowest BCUT2D eigenvalue weighted by atomic mass is 10.2. The molecule has 0 aliphatic heterocycles. The van der Waals surface area contributed by atoms with E-state index in [4.69, 9.17) is 0 Å². The van der Waals surface area contributed by atoms with Gasteiger partial charge in [-0.05, 0) is 31.5 Å². The molecule has 0 saturated heterocycles. The highest BCUT2D eigenvalue weighted by Crippen LogP contribution is 2.19. The van der Waals surface area contributed by atoms with E-state index in [0.717, 1.165) is 21.7 Å². The van der Waals surface area contributed by atoms with Gasteiger partial charge in [0.15, 0.2) is 0 Å². The quantitative estimate of drug-likeness (QED) is 0.853. The standard InChI is InChI=1S/C16H22N4O3S/c1-12-6-5-7-15(8-12)20(24(4,22)23)11-16(21)18-13(2)14-9-17-19(3)10-14/h5-10,13H,11H2,1-4H3,(H,18,21)/t13-/m0/s1. The number of nitrogens with zero attached hydrogens (tertiary/aromatic N) is 3. The molecule has 0 fully saturated rings. The molecule has 24 heavy (non-hydrogen) atoms. The highest BCUT2D eigenvalue weighted by molar-refractivity contribution is 7.92. The third-order valence-electron chi connectivity index (χ3n) is 3.58. The number of hydrogen-bond acceptors (Lipinski definition) is 4. The summed E-state index contributed by atoms with van der Waals surface area (Å²) < 4.78 is 26.9. The molecule has 8 heteroatoms. The van der Waals surface area contributed by atoms with Crippen molar-refractivity contribution < 1.29 is 13.2 Å². The number of benzene rings is 1. The minimum absolute atomic E-state index is 0.259. The molecule has 1 heterocycles. The molecule has 0 unspecified atom stereocenters. The molecule has 130 valence electrons. The van der Waals surface area contributed by atoms with Crippen molar-refractivity contribution >= 4 is 21.6 Å². The lowest BCUT2D eigenvalue weighted by Gasteiger charge is -2.23. The van der Waals surface area contributed by atoms with Gasteiger partial charge in [0, 0.05) is 18.8 Å². The van der Waals surface area contributed by atoms with E-state index in [2.05, 4.69) is 10.4 Å². The molecule has 1 aromatic carbocycles. The van der Waals surface area contributed by atoms with Crippen molar-refractivity contribution in [1.82, 2.24) is 15.1 Å². The van der Waals surface area contributed by atoms with E-state index in [1.54, 1.807) is 42.3 Å². The Morgan fingerprint density at radius 1 is 1.42 bits per heavy atom. The maximum absolute atomic E-state index is 12.3. The maximum Gasteiger partial charge on any atom is 0.241 e. The molecule has 1 N–H and O–H groups in total. The van der Waals surface area contributed by atoms with Gasteiger partial charge in [-0.1, -0.05) is 12.1 Å². The first-order valence-corrected chi connectivity index (χ1v) is 9.34. The normalized spacial score (nSPS) is 12.7. The van der Waals surface area contributed by atoms with Crippen LogP contribution in [0.2, 0.25) is 0 Å². The number of carbonyl (C=O) groups excluding carboxylic acids is 1. The second-order valence-corrected chi connectivity index (χ2v) is 7.75. The van der Waals surface area contributed by atoms with E-state index in [1.165, 1.54) is 0 Å². The Balaban J connectivity index is 2.13. The van der Waals surface area contributed by atoms with Crippen molar-refractivity contribution in [3.05, 3.63) is 47.8 Å². The van der Waals surface area contributed by atoms with Crippen LogP contribution in [-0.2, 0) is 21.9 Å². The zero-order valence-corrected chi connectivity index (χ0v) is 15.0. The SMILES string of the molecule is Cc1cccc(N(CC(=O)N[C@@H](C)c2cnn(C)c2)S(C)(=O)=O)c1. The van der Waals surface area contributed by atoms with E-state index in [0.29, 0.717) is 5.69 Å². The third-order valence-corrected chi connectivity index (χ3v) is 4.72. The number of amides is 1. The van der Waals surface area contributed by atoms with Crippen LogP contribution < -0.4 is 9.62 Å². The van der Waals surface area contributed by atoms with Crippen LogP contribution >= 0.6 is 0 Å². The molecular formula is C16H22N4O3S. The van der Waals surface area contributed by atoms with Crippen LogP contribution in [-0.4, -0.2) is 36.9 Å².